The fourth-order valence-corrected chi connectivity index (χ4v) is 4.93. The molecule has 36 heavy (non-hydrogen) atoms. The van der Waals surface area contributed by atoms with E-state index in [2.05, 4.69) is 20.6 Å². The zero-order valence-corrected chi connectivity index (χ0v) is 20.3. The third-order valence-electron chi connectivity index (χ3n) is 6.25. The molecule has 0 aliphatic rings. The summed E-state index contributed by atoms with van der Waals surface area (Å²) >= 11 is 1.27. The Kier molecular flexibility index (Phi) is 6.04. The molecule has 0 aliphatic heterocycles. The molecule has 0 saturated carbocycles. The Labute approximate surface area is 210 Å². The summed E-state index contributed by atoms with van der Waals surface area (Å²) in [7, 11) is 0. The first-order valence-electron chi connectivity index (χ1n) is 11.2. The van der Waals surface area contributed by atoms with Gasteiger partial charge in [-0.2, -0.15) is 10.4 Å². The third kappa shape index (κ3) is 4.23. The van der Waals surface area contributed by atoms with Gasteiger partial charge in [-0.1, -0.05) is 61.6 Å². The van der Waals surface area contributed by atoms with Crippen LogP contribution in [-0.2, 0) is 4.79 Å². The molecule has 0 fully saturated rings. The van der Waals surface area contributed by atoms with Crippen LogP contribution in [0.4, 0.5) is 9.52 Å². The van der Waals surface area contributed by atoms with E-state index in [-0.39, 0.29) is 17.4 Å². The highest BCUT2D eigenvalue weighted by atomic mass is 32.1. The minimum absolute atomic E-state index is 0.172. The number of nitrogens with zero attached hydrogens (tertiary/aromatic N) is 5. The van der Waals surface area contributed by atoms with Gasteiger partial charge >= 0.3 is 0 Å². The zero-order chi connectivity index (χ0) is 25.3. The SMILES string of the molecule is CC(C)(C(=O)Nc1nncs1)C(c1ccccc1)c1ccc2c(cnn2-c2ccc(F)cc2C#N)c1. The summed E-state index contributed by atoms with van der Waals surface area (Å²) in [5.41, 5.74) is 4.12. The highest BCUT2D eigenvalue weighted by Crippen LogP contribution is 2.42. The Morgan fingerprint density at radius 3 is 2.64 bits per heavy atom. The first-order chi connectivity index (χ1) is 17.4. The number of carbonyl (C=O) groups excluding carboxylic acids is 1. The second kappa shape index (κ2) is 9.32. The lowest BCUT2D eigenvalue weighted by Crippen LogP contribution is -2.37. The second-order valence-electron chi connectivity index (χ2n) is 8.91. The Balaban J connectivity index is 1.59. The lowest BCUT2D eigenvalue weighted by molar-refractivity contribution is -0.124. The number of amides is 1. The summed E-state index contributed by atoms with van der Waals surface area (Å²) in [4.78, 5) is 13.4. The zero-order valence-electron chi connectivity index (χ0n) is 19.5. The van der Waals surface area contributed by atoms with Gasteiger partial charge in [0.15, 0.2) is 0 Å². The summed E-state index contributed by atoms with van der Waals surface area (Å²) in [6.45, 7) is 3.82. The third-order valence-corrected chi connectivity index (χ3v) is 6.86. The van der Waals surface area contributed by atoms with E-state index < -0.39 is 11.2 Å². The van der Waals surface area contributed by atoms with Crippen molar-refractivity contribution in [2.24, 2.45) is 5.41 Å². The maximum absolute atomic E-state index is 13.7. The van der Waals surface area contributed by atoms with E-state index in [9.17, 15) is 14.4 Å². The van der Waals surface area contributed by atoms with E-state index in [1.54, 1.807) is 22.5 Å². The molecule has 1 atom stereocenters. The maximum Gasteiger partial charge on any atom is 0.232 e. The average molecular weight is 497 g/mol. The summed E-state index contributed by atoms with van der Waals surface area (Å²) in [5.74, 6) is -0.928. The van der Waals surface area contributed by atoms with Crippen LogP contribution in [-0.4, -0.2) is 25.9 Å². The summed E-state index contributed by atoms with van der Waals surface area (Å²) in [6, 6.07) is 21.8. The fourth-order valence-electron chi connectivity index (χ4n) is 4.49. The number of hydrogen-bond acceptors (Lipinski definition) is 6. The van der Waals surface area contributed by atoms with Crippen molar-refractivity contribution in [2.75, 3.05) is 5.32 Å². The van der Waals surface area contributed by atoms with Crippen LogP contribution in [0.5, 0.6) is 0 Å². The molecule has 0 aliphatic carbocycles. The summed E-state index contributed by atoms with van der Waals surface area (Å²) in [5, 5.41) is 25.9. The Hall–Kier alpha value is -4.42. The number of nitrogens with one attached hydrogen (secondary N) is 1. The summed E-state index contributed by atoms with van der Waals surface area (Å²) < 4.78 is 15.3. The van der Waals surface area contributed by atoms with Gasteiger partial charge in [0.2, 0.25) is 11.0 Å². The largest absolute Gasteiger partial charge is 0.300 e. The Bertz CT molecular complexity index is 1590. The lowest BCUT2D eigenvalue weighted by atomic mass is 9.70. The molecule has 0 saturated heterocycles. The van der Waals surface area contributed by atoms with Crippen molar-refractivity contribution in [1.29, 1.82) is 5.26 Å². The number of benzene rings is 3. The molecule has 0 spiro atoms. The quantitative estimate of drug-likeness (QED) is 0.326. The highest BCUT2D eigenvalue weighted by Gasteiger charge is 2.39. The van der Waals surface area contributed by atoms with Crippen LogP contribution in [0.1, 0.15) is 36.5 Å². The number of fused-ring (bicyclic) bond motifs is 1. The molecule has 0 bridgehead atoms. The number of carbonyl (C=O) groups is 1. The van der Waals surface area contributed by atoms with E-state index >= 15 is 0 Å². The van der Waals surface area contributed by atoms with Crippen molar-refractivity contribution in [3.05, 3.63) is 101 Å². The molecule has 178 valence electrons. The number of hydrogen-bond donors (Lipinski definition) is 1. The van der Waals surface area contributed by atoms with E-state index in [0.717, 1.165) is 22.0 Å². The van der Waals surface area contributed by atoms with Gasteiger partial charge in [-0.15, -0.1) is 10.2 Å². The molecule has 1 amide bonds. The molecule has 1 unspecified atom stereocenters. The number of aromatic nitrogens is 4. The molecule has 1 N–H and O–H groups in total. The van der Waals surface area contributed by atoms with Gasteiger partial charge in [0.05, 0.1) is 28.4 Å². The van der Waals surface area contributed by atoms with E-state index in [1.165, 1.54) is 23.5 Å². The minimum atomic E-state index is -0.846. The van der Waals surface area contributed by atoms with Gasteiger partial charge < -0.3 is 5.32 Å². The second-order valence-corrected chi connectivity index (χ2v) is 9.74. The van der Waals surface area contributed by atoms with Crippen LogP contribution >= 0.6 is 11.3 Å². The van der Waals surface area contributed by atoms with Crippen LogP contribution in [0.15, 0.2) is 78.4 Å². The van der Waals surface area contributed by atoms with Crippen LogP contribution in [0.2, 0.25) is 0 Å². The molecule has 9 heteroatoms. The minimum Gasteiger partial charge on any atom is -0.300 e. The Morgan fingerprint density at radius 1 is 1.11 bits per heavy atom. The Morgan fingerprint density at radius 2 is 1.92 bits per heavy atom. The monoisotopic (exact) mass is 496 g/mol. The van der Waals surface area contributed by atoms with Gasteiger partial charge in [0.25, 0.3) is 0 Å². The number of nitriles is 1. The molecule has 5 rings (SSSR count). The average Bonchev–Trinajstić information content (AvgIpc) is 3.54. The lowest BCUT2D eigenvalue weighted by Gasteiger charge is -2.33. The molecule has 7 nitrogen and oxygen atoms in total. The van der Waals surface area contributed by atoms with Crippen LogP contribution in [0, 0.1) is 22.6 Å². The first-order valence-corrected chi connectivity index (χ1v) is 12.1. The van der Waals surface area contributed by atoms with Gasteiger partial charge in [-0.3, -0.25) is 4.79 Å². The smallest absolute Gasteiger partial charge is 0.232 e. The van der Waals surface area contributed by atoms with Gasteiger partial charge in [-0.25, -0.2) is 9.07 Å². The molecular formula is C27H21FN6OS. The van der Waals surface area contributed by atoms with Crippen molar-refractivity contribution in [3.63, 3.8) is 0 Å². The standard InChI is InChI=1S/C27H21FN6OS/c1-27(2,25(35)32-26-33-30-16-36-26)24(17-6-4-3-5-7-17)18-8-10-23-20(12-18)15-31-34(23)22-11-9-21(28)13-19(22)14-29/h3-13,15-16,24H,1-2H3,(H,32,33,35). The maximum atomic E-state index is 13.7. The first kappa shape index (κ1) is 23.3. The van der Waals surface area contributed by atoms with Crippen molar-refractivity contribution < 1.29 is 9.18 Å². The van der Waals surface area contributed by atoms with Crippen LogP contribution in [0.3, 0.4) is 0 Å². The number of rotatable bonds is 6. The molecule has 0 radical (unpaired) electrons. The van der Waals surface area contributed by atoms with Crippen molar-refractivity contribution in [2.45, 2.75) is 19.8 Å². The van der Waals surface area contributed by atoms with E-state index in [4.69, 9.17) is 0 Å². The van der Waals surface area contributed by atoms with Crippen molar-refractivity contribution in [3.8, 4) is 11.8 Å². The van der Waals surface area contributed by atoms with Gasteiger partial charge in [0, 0.05) is 11.3 Å². The summed E-state index contributed by atoms with van der Waals surface area (Å²) in [6.07, 6.45) is 1.71. The molecule has 2 heterocycles. The van der Waals surface area contributed by atoms with Gasteiger partial charge in [0.1, 0.15) is 17.4 Å². The molecule has 3 aromatic carbocycles. The van der Waals surface area contributed by atoms with E-state index in [1.807, 2.05) is 68.4 Å². The van der Waals surface area contributed by atoms with Gasteiger partial charge in [-0.05, 0) is 41.5 Å². The van der Waals surface area contributed by atoms with Crippen LogP contribution in [0.25, 0.3) is 16.6 Å². The normalized spacial score (nSPS) is 12.3. The van der Waals surface area contributed by atoms with Crippen molar-refractivity contribution >= 4 is 33.3 Å². The fraction of sp³-hybridized carbons (Fsp3) is 0.148. The van der Waals surface area contributed by atoms with Crippen LogP contribution < -0.4 is 5.32 Å². The highest BCUT2D eigenvalue weighted by molar-refractivity contribution is 7.13. The predicted octanol–water partition coefficient (Wildman–Crippen LogP) is 5.68. The topological polar surface area (TPSA) is 96.5 Å². The van der Waals surface area contributed by atoms with E-state index in [0.29, 0.717) is 10.8 Å². The predicted molar refractivity (Wildman–Crippen MR) is 136 cm³/mol. The molecule has 5 aromatic rings. The molecular weight excluding hydrogens is 475 g/mol. The number of halogens is 1. The van der Waals surface area contributed by atoms with Crippen molar-refractivity contribution in [1.82, 2.24) is 20.0 Å². The molecule has 2 aromatic heterocycles. The number of anilines is 1.